The Balaban J connectivity index is 2.14. The van der Waals surface area contributed by atoms with Crippen molar-refractivity contribution in [2.75, 3.05) is 20.0 Å². The van der Waals surface area contributed by atoms with Crippen molar-refractivity contribution in [2.45, 2.75) is 13.8 Å². The summed E-state index contributed by atoms with van der Waals surface area (Å²) in [5, 5.41) is 0. The molecule has 1 aliphatic heterocycles. The standard InChI is InChI=1S/C13H17O5P/c1-3-17-19(14,18-4-2)8-7-11-5-6-12-13(9-11)16-10-15-12/h5-9H,3-4,10H2,1-2H3/b8-7+. The molecule has 0 spiro atoms. The molecule has 19 heavy (non-hydrogen) atoms. The Morgan fingerprint density at radius 1 is 1.21 bits per heavy atom. The van der Waals surface area contributed by atoms with Crippen LogP contribution in [0.4, 0.5) is 0 Å². The van der Waals surface area contributed by atoms with Gasteiger partial charge in [-0.3, -0.25) is 4.57 Å². The van der Waals surface area contributed by atoms with Crippen LogP contribution >= 0.6 is 7.60 Å². The van der Waals surface area contributed by atoms with Crippen LogP contribution in [0, 0.1) is 0 Å². The van der Waals surface area contributed by atoms with Crippen LogP contribution in [0.3, 0.4) is 0 Å². The van der Waals surface area contributed by atoms with E-state index < -0.39 is 7.60 Å². The molecule has 0 atom stereocenters. The minimum Gasteiger partial charge on any atom is -0.454 e. The zero-order valence-corrected chi connectivity index (χ0v) is 11.9. The molecule has 0 bridgehead atoms. The van der Waals surface area contributed by atoms with E-state index in [4.69, 9.17) is 18.5 Å². The van der Waals surface area contributed by atoms with E-state index in [1.807, 2.05) is 18.2 Å². The molecule has 1 aliphatic rings. The minimum absolute atomic E-state index is 0.235. The molecule has 0 unspecified atom stereocenters. The molecule has 0 fully saturated rings. The molecule has 6 heteroatoms. The van der Waals surface area contributed by atoms with Gasteiger partial charge in [0.2, 0.25) is 6.79 Å². The van der Waals surface area contributed by atoms with Crippen molar-refractivity contribution in [3.63, 3.8) is 0 Å². The summed E-state index contributed by atoms with van der Waals surface area (Å²) in [5.74, 6) is 2.87. The second kappa shape index (κ2) is 6.24. The largest absolute Gasteiger partial charge is 0.454 e. The van der Waals surface area contributed by atoms with E-state index in [0.29, 0.717) is 19.0 Å². The second-order valence-corrected chi connectivity index (χ2v) is 5.70. The lowest BCUT2D eigenvalue weighted by Crippen LogP contribution is -1.93. The van der Waals surface area contributed by atoms with E-state index in [1.165, 1.54) is 5.82 Å². The first-order valence-electron chi connectivity index (χ1n) is 6.14. The fraction of sp³-hybridized carbons (Fsp3) is 0.385. The second-order valence-electron chi connectivity index (χ2n) is 3.80. The maximum atomic E-state index is 12.2. The molecule has 0 amide bonds. The lowest BCUT2D eigenvalue weighted by atomic mass is 10.2. The highest BCUT2D eigenvalue weighted by Gasteiger charge is 2.19. The predicted octanol–water partition coefficient (Wildman–Crippen LogP) is 3.65. The van der Waals surface area contributed by atoms with Gasteiger partial charge < -0.3 is 18.5 Å². The van der Waals surface area contributed by atoms with Crippen LogP contribution in [0.15, 0.2) is 24.0 Å². The summed E-state index contributed by atoms with van der Waals surface area (Å²) in [6, 6.07) is 5.49. The van der Waals surface area contributed by atoms with Gasteiger partial charge in [0.05, 0.1) is 13.2 Å². The molecule has 5 nitrogen and oxygen atoms in total. The number of hydrogen-bond acceptors (Lipinski definition) is 5. The molecular formula is C13H17O5P. The van der Waals surface area contributed by atoms with Crippen molar-refractivity contribution in [1.82, 2.24) is 0 Å². The van der Waals surface area contributed by atoms with Gasteiger partial charge in [-0.05, 0) is 37.6 Å². The van der Waals surface area contributed by atoms with Crippen LogP contribution in [0.2, 0.25) is 0 Å². The van der Waals surface area contributed by atoms with Gasteiger partial charge in [-0.25, -0.2) is 0 Å². The van der Waals surface area contributed by atoms with Crippen LogP contribution in [-0.2, 0) is 13.6 Å². The fourth-order valence-corrected chi connectivity index (χ4v) is 3.00. The van der Waals surface area contributed by atoms with Crippen molar-refractivity contribution in [1.29, 1.82) is 0 Å². The first-order chi connectivity index (χ1) is 9.17. The van der Waals surface area contributed by atoms with Crippen LogP contribution < -0.4 is 9.47 Å². The van der Waals surface area contributed by atoms with Crippen LogP contribution in [0.25, 0.3) is 6.08 Å². The number of fused-ring (bicyclic) bond motifs is 1. The number of hydrogen-bond donors (Lipinski definition) is 0. The zero-order chi connectivity index (χ0) is 13.7. The molecule has 0 saturated carbocycles. The molecule has 1 aromatic rings. The van der Waals surface area contributed by atoms with E-state index >= 15 is 0 Å². The van der Waals surface area contributed by atoms with Crippen LogP contribution in [0.1, 0.15) is 19.4 Å². The summed E-state index contributed by atoms with van der Waals surface area (Å²) in [6.07, 6.45) is 1.70. The van der Waals surface area contributed by atoms with Crippen molar-refractivity contribution < 1.29 is 23.1 Å². The van der Waals surface area contributed by atoms with E-state index in [1.54, 1.807) is 19.9 Å². The van der Waals surface area contributed by atoms with Crippen molar-refractivity contribution in [2.24, 2.45) is 0 Å². The first kappa shape index (κ1) is 14.1. The van der Waals surface area contributed by atoms with Crippen LogP contribution in [0.5, 0.6) is 11.5 Å². The molecule has 0 aromatic heterocycles. The highest BCUT2D eigenvalue weighted by Crippen LogP contribution is 2.50. The molecule has 0 radical (unpaired) electrons. The molecule has 2 rings (SSSR count). The van der Waals surface area contributed by atoms with Gasteiger partial charge in [-0.2, -0.15) is 0 Å². The Kier molecular flexibility index (Phi) is 4.64. The summed E-state index contributed by atoms with van der Waals surface area (Å²) < 4.78 is 33.1. The molecular weight excluding hydrogens is 267 g/mol. The molecule has 1 aromatic carbocycles. The fourth-order valence-electron chi connectivity index (χ4n) is 1.68. The van der Waals surface area contributed by atoms with Gasteiger partial charge >= 0.3 is 7.60 Å². The lowest BCUT2D eigenvalue weighted by molar-refractivity contribution is 0.174. The molecule has 0 aliphatic carbocycles. The van der Waals surface area contributed by atoms with Gasteiger partial charge in [0, 0.05) is 5.82 Å². The Hall–Kier alpha value is -1.29. The smallest absolute Gasteiger partial charge is 0.354 e. The minimum atomic E-state index is -3.16. The summed E-state index contributed by atoms with van der Waals surface area (Å²) in [5.41, 5.74) is 0.851. The van der Waals surface area contributed by atoms with E-state index in [-0.39, 0.29) is 6.79 Å². The summed E-state index contributed by atoms with van der Waals surface area (Å²) in [6.45, 7) is 4.46. The Labute approximate surface area is 112 Å². The van der Waals surface area contributed by atoms with Gasteiger partial charge in [0.15, 0.2) is 11.5 Å². The topological polar surface area (TPSA) is 54.0 Å². The average Bonchev–Trinajstić information content (AvgIpc) is 2.84. The predicted molar refractivity (Wildman–Crippen MR) is 72.5 cm³/mol. The number of benzene rings is 1. The third-order valence-electron chi connectivity index (χ3n) is 2.46. The van der Waals surface area contributed by atoms with Crippen LogP contribution in [-0.4, -0.2) is 20.0 Å². The Morgan fingerprint density at radius 2 is 1.89 bits per heavy atom. The Bertz CT molecular complexity index is 502. The summed E-state index contributed by atoms with van der Waals surface area (Å²) >= 11 is 0. The number of rotatable bonds is 6. The Morgan fingerprint density at radius 3 is 2.58 bits per heavy atom. The van der Waals surface area contributed by atoms with Gasteiger partial charge in [-0.15, -0.1) is 0 Å². The highest BCUT2D eigenvalue weighted by atomic mass is 31.2. The van der Waals surface area contributed by atoms with Crippen molar-refractivity contribution in [3.8, 4) is 11.5 Å². The van der Waals surface area contributed by atoms with Crippen molar-refractivity contribution in [3.05, 3.63) is 29.6 Å². The summed E-state index contributed by atoms with van der Waals surface area (Å²) in [4.78, 5) is 0. The van der Waals surface area contributed by atoms with Crippen molar-refractivity contribution >= 4 is 13.7 Å². The molecule has 0 saturated heterocycles. The molecule has 0 N–H and O–H groups in total. The lowest BCUT2D eigenvalue weighted by Gasteiger charge is -2.12. The summed E-state index contributed by atoms with van der Waals surface area (Å²) in [7, 11) is -3.16. The molecule has 1 heterocycles. The molecule has 104 valence electrons. The van der Waals surface area contributed by atoms with E-state index in [2.05, 4.69) is 0 Å². The normalized spacial score (nSPS) is 14.2. The maximum Gasteiger partial charge on any atom is 0.354 e. The third kappa shape index (κ3) is 3.60. The first-order valence-corrected chi connectivity index (χ1v) is 7.75. The number of ether oxygens (including phenoxy) is 2. The van der Waals surface area contributed by atoms with Gasteiger partial charge in [0.25, 0.3) is 0 Å². The van der Waals surface area contributed by atoms with E-state index in [9.17, 15) is 4.57 Å². The highest BCUT2D eigenvalue weighted by molar-refractivity contribution is 7.57. The quantitative estimate of drug-likeness (QED) is 0.746. The maximum absolute atomic E-state index is 12.2. The third-order valence-corrected chi connectivity index (χ3v) is 4.21. The SMILES string of the molecule is CCOP(=O)(/C=C/c1ccc2c(c1)OCO2)OCC. The van der Waals surface area contributed by atoms with Gasteiger partial charge in [-0.1, -0.05) is 6.07 Å². The van der Waals surface area contributed by atoms with E-state index in [0.717, 1.165) is 11.3 Å². The van der Waals surface area contributed by atoms with Gasteiger partial charge in [0.1, 0.15) is 0 Å². The zero-order valence-electron chi connectivity index (χ0n) is 11.0. The monoisotopic (exact) mass is 284 g/mol. The average molecular weight is 284 g/mol.